The quantitative estimate of drug-likeness (QED) is 0.623. The number of hydrogen-bond donors (Lipinski definition) is 1. The maximum absolute atomic E-state index is 12.1. The molecule has 1 aliphatic rings. The summed E-state index contributed by atoms with van der Waals surface area (Å²) < 4.78 is 0. The number of carboxylic acids is 1. The van der Waals surface area contributed by atoms with Crippen LogP contribution in [0.1, 0.15) is 77.6 Å². The summed E-state index contributed by atoms with van der Waals surface area (Å²) in [6.45, 7) is 3.67. The van der Waals surface area contributed by atoms with Crippen LogP contribution in [0.5, 0.6) is 0 Å². The lowest BCUT2D eigenvalue weighted by Crippen LogP contribution is -2.40. The lowest BCUT2D eigenvalue weighted by molar-refractivity contribution is -0.140. The third kappa shape index (κ3) is 8.08. The number of piperidine rings is 1. The summed E-state index contributed by atoms with van der Waals surface area (Å²) >= 11 is 0. The molecule has 0 spiro atoms. The monoisotopic (exact) mass is 297 g/mol. The summed E-state index contributed by atoms with van der Waals surface area (Å²) in [5.74, 6) is -0.380. The van der Waals surface area contributed by atoms with Gasteiger partial charge in [-0.3, -0.25) is 9.59 Å². The van der Waals surface area contributed by atoms with Gasteiger partial charge in [-0.1, -0.05) is 45.4 Å². The first-order valence-electron chi connectivity index (χ1n) is 8.63. The Morgan fingerprint density at radius 2 is 1.76 bits per heavy atom. The molecule has 0 saturated carbocycles. The van der Waals surface area contributed by atoms with Crippen molar-refractivity contribution in [3.63, 3.8) is 0 Å². The third-order valence-electron chi connectivity index (χ3n) is 4.33. The maximum Gasteiger partial charge on any atom is 0.303 e. The van der Waals surface area contributed by atoms with E-state index in [1.807, 2.05) is 4.90 Å². The molecule has 0 bridgehead atoms. The Balaban J connectivity index is 2.12. The Morgan fingerprint density at radius 1 is 1.10 bits per heavy atom. The molecule has 4 heteroatoms. The molecular weight excluding hydrogens is 266 g/mol. The summed E-state index contributed by atoms with van der Waals surface area (Å²) in [4.78, 5) is 24.8. The van der Waals surface area contributed by atoms with Gasteiger partial charge in [0.1, 0.15) is 0 Å². The van der Waals surface area contributed by atoms with Crippen molar-refractivity contribution in [2.75, 3.05) is 13.1 Å². The number of hydrogen-bond acceptors (Lipinski definition) is 2. The number of likely N-dealkylation sites (tertiary alicyclic amines) is 1. The van der Waals surface area contributed by atoms with Gasteiger partial charge < -0.3 is 10.0 Å². The van der Waals surface area contributed by atoms with Gasteiger partial charge in [0.15, 0.2) is 0 Å². The number of rotatable bonds is 10. The summed E-state index contributed by atoms with van der Waals surface area (Å²) in [5.41, 5.74) is 0. The zero-order valence-electron chi connectivity index (χ0n) is 13.5. The fourth-order valence-electron chi connectivity index (χ4n) is 3.10. The van der Waals surface area contributed by atoms with Crippen LogP contribution < -0.4 is 0 Å². The van der Waals surface area contributed by atoms with Gasteiger partial charge in [0.2, 0.25) is 5.91 Å². The molecule has 4 nitrogen and oxygen atoms in total. The standard InChI is InChI=1S/C17H31NO3/c1-2-3-4-5-6-7-8-11-16(19)18-12-9-10-15(14-18)13-17(20)21/h15H,2-14H2,1H3,(H,20,21). The maximum atomic E-state index is 12.1. The molecule has 0 aromatic carbocycles. The van der Waals surface area contributed by atoms with E-state index in [1.54, 1.807) is 0 Å². The van der Waals surface area contributed by atoms with Crippen LogP contribution in [-0.2, 0) is 9.59 Å². The molecule has 1 N–H and O–H groups in total. The number of carbonyl (C=O) groups is 2. The number of nitrogens with zero attached hydrogens (tertiary/aromatic N) is 1. The Bertz CT molecular complexity index is 317. The van der Waals surface area contributed by atoms with Gasteiger partial charge in [-0.15, -0.1) is 0 Å². The fraction of sp³-hybridized carbons (Fsp3) is 0.882. The van der Waals surface area contributed by atoms with Crippen LogP contribution in [0.4, 0.5) is 0 Å². The molecule has 1 fully saturated rings. The average Bonchev–Trinajstić information content (AvgIpc) is 2.45. The molecule has 1 heterocycles. The van der Waals surface area contributed by atoms with E-state index in [0.29, 0.717) is 13.0 Å². The second kappa shape index (κ2) is 10.6. The molecule has 0 radical (unpaired) electrons. The fourth-order valence-corrected chi connectivity index (χ4v) is 3.10. The van der Waals surface area contributed by atoms with Crippen LogP contribution in [0.2, 0.25) is 0 Å². The van der Waals surface area contributed by atoms with Crippen LogP contribution in [-0.4, -0.2) is 35.0 Å². The average molecular weight is 297 g/mol. The molecule has 0 aromatic heterocycles. The molecule has 1 atom stereocenters. The highest BCUT2D eigenvalue weighted by molar-refractivity contribution is 5.76. The molecule has 1 aliphatic heterocycles. The first-order valence-corrected chi connectivity index (χ1v) is 8.63. The van der Waals surface area contributed by atoms with Gasteiger partial charge >= 0.3 is 5.97 Å². The van der Waals surface area contributed by atoms with Crippen molar-refractivity contribution in [2.45, 2.75) is 77.6 Å². The molecule has 1 amide bonds. The van der Waals surface area contributed by atoms with E-state index in [9.17, 15) is 9.59 Å². The minimum atomic E-state index is -0.749. The number of carboxylic acid groups (broad SMARTS) is 1. The topological polar surface area (TPSA) is 57.6 Å². The normalized spacial score (nSPS) is 18.7. The Morgan fingerprint density at radius 3 is 2.43 bits per heavy atom. The lowest BCUT2D eigenvalue weighted by atomic mass is 9.94. The van der Waals surface area contributed by atoms with Crippen LogP contribution in [0.3, 0.4) is 0 Å². The van der Waals surface area contributed by atoms with Crippen molar-refractivity contribution in [3.8, 4) is 0 Å². The highest BCUT2D eigenvalue weighted by Gasteiger charge is 2.24. The smallest absolute Gasteiger partial charge is 0.303 e. The summed E-state index contributed by atoms with van der Waals surface area (Å²) in [5, 5.41) is 8.85. The van der Waals surface area contributed by atoms with E-state index in [-0.39, 0.29) is 18.2 Å². The second-order valence-electron chi connectivity index (χ2n) is 6.32. The van der Waals surface area contributed by atoms with Gasteiger partial charge in [0, 0.05) is 25.9 Å². The first kappa shape index (κ1) is 18.0. The molecule has 122 valence electrons. The van der Waals surface area contributed by atoms with E-state index in [0.717, 1.165) is 32.2 Å². The van der Waals surface area contributed by atoms with Crippen LogP contribution in [0, 0.1) is 5.92 Å². The Labute approximate surface area is 128 Å². The molecule has 0 aromatic rings. The number of aliphatic carboxylic acids is 1. The predicted octanol–water partition coefficient (Wildman–Crippen LogP) is 3.84. The number of amides is 1. The Hall–Kier alpha value is -1.06. The molecule has 21 heavy (non-hydrogen) atoms. The van der Waals surface area contributed by atoms with Crippen LogP contribution in [0.25, 0.3) is 0 Å². The zero-order chi connectivity index (χ0) is 15.5. The molecule has 1 rings (SSSR count). The van der Waals surface area contributed by atoms with E-state index in [2.05, 4.69) is 6.92 Å². The van der Waals surface area contributed by atoms with Crippen molar-refractivity contribution < 1.29 is 14.7 Å². The van der Waals surface area contributed by atoms with Gasteiger partial charge in [0.05, 0.1) is 0 Å². The summed E-state index contributed by atoms with van der Waals surface area (Å²) in [6, 6.07) is 0. The van der Waals surface area contributed by atoms with Gasteiger partial charge in [-0.05, 0) is 25.2 Å². The number of unbranched alkanes of at least 4 members (excludes halogenated alkanes) is 6. The van der Waals surface area contributed by atoms with E-state index < -0.39 is 5.97 Å². The number of carbonyl (C=O) groups excluding carboxylic acids is 1. The minimum absolute atomic E-state index is 0.147. The summed E-state index contributed by atoms with van der Waals surface area (Å²) in [6.07, 6.45) is 11.2. The van der Waals surface area contributed by atoms with Crippen molar-refractivity contribution in [1.82, 2.24) is 4.90 Å². The first-order chi connectivity index (χ1) is 10.1. The van der Waals surface area contributed by atoms with Gasteiger partial charge in [-0.25, -0.2) is 0 Å². The van der Waals surface area contributed by atoms with E-state index in [1.165, 1.54) is 32.1 Å². The van der Waals surface area contributed by atoms with Crippen molar-refractivity contribution in [3.05, 3.63) is 0 Å². The molecule has 1 unspecified atom stereocenters. The molecule has 1 saturated heterocycles. The van der Waals surface area contributed by atoms with Crippen molar-refractivity contribution in [1.29, 1.82) is 0 Å². The van der Waals surface area contributed by atoms with Crippen LogP contribution >= 0.6 is 0 Å². The highest BCUT2D eigenvalue weighted by Crippen LogP contribution is 2.20. The predicted molar refractivity (Wildman–Crippen MR) is 84.2 cm³/mol. The molecular formula is C17H31NO3. The zero-order valence-corrected chi connectivity index (χ0v) is 13.5. The lowest BCUT2D eigenvalue weighted by Gasteiger charge is -2.32. The van der Waals surface area contributed by atoms with Gasteiger partial charge in [-0.2, -0.15) is 0 Å². The Kier molecular flexibility index (Phi) is 9.11. The third-order valence-corrected chi connectivity index (χ3v) is 4.33. The second-order valence-corrected chi connectivity index (χ2v) is 6.32. The largest absolute Gasteiger partial charge is 0.481 e. The van der Waals surface area contributed by atoms with Gasteiger partial charge in [0.25, 0.3) is 0 Å². The summed E-state index contributed by atoms with van der Waals surface area (Å²) in [7, 11) is 0. The van der Waals surface area contributed by atoms with Crippen molar-refractivity contribution in [2.24, 2.45) is 5.92 Å². The molecule has 0 aliphatic carbocycles. The minimum Gasteiger partial charge on any atom is -0.481 e. The van der Waals surface area contributed by atoms with Crippen molar-refractivity contribution >= 4 is 11.9 Å². The van der Waals surface area contributed by atoms with E-state index in [4.69, 9.17) is 5.11 Å². The highest BCUT2D eigenvalue weighted by atomic mass is 16.4. The van der Waals surface area contributed by atoms with E-state index >= 15 is 0 Å². The van der Waals surface area contributed by atoms with Crippen LogP contribution in [0.15, 0.2) is 0 Å². The SMILES string of the molecule is CCCCCCCCCC(=O)N1CCCC(CC(=O)O)C1.